The predicted molar refractivity (Wildman–Crippen MR) is 66.4 cm³/mol. The first kappa shape index (κ1) is 18.1. The fourth-order valence-corrected chi connectivity index (χ4v) is 1.50. The van der Waals surface area contributed by atoms with Crippen molar-refractivity contribution in [2.45, 2.75) is 26.1 Å². The van der Waals surface area contributed by atoms with E-state index in [9.17, 15) is 17.6 Å². The van der Waals surface area contributed by atoms with Crippen LogP contribution in [0.5, 0.6) is 0 Å². The minimum atomic E-state index is -4.72. The molecule has 1 aromatic rings. The van der Waals surface area contributed by atoms with Gasteiger partial charge in [0.2, 0.25) is 0 Å². The molecular weight excluding hydrogens is 286 g/mol. The smallest absolute Gasteiger partial charge is 0.396 e. The number of benzene rings is 1. The summed E-state index contributed by atoms with van der Waals surface area (Å²) in [6.45, 7) is 3.04. The van der Waals surface area contributed by atoms with Gasteiger partial charge >= 0.3 is 6.18 Å². The van der Waals surface area contributed by atoms with E-state index >= 15 is 0 Å². The number of hydrogen-bond donors (Lipinski definition) is 2. The van der Waals surface area contributed by atoms with Crippen LogP contribution >= 0.6 is 12.4 Å². The summed E-state index contributed by atoms with van der Waals surface area (Å²) < 4.78 is 50.5. The van der Waals surface area contributed by atoms with Crippen LogP contribution in [0.1, 0.15) is 31.0 Å². The van der Waals surface area contributed by atoms with Crippen molar-refractivity contribution in [2.75, 3.05) is 6.61 Å². The number of rotatable bonds is 3. The second kappa shape index (κ2) is 6.07. The van der Waals surface area contributed by atoms with Crippen molar-refractivity contribution < 1.29 is 22.7 Å². The molecule has 0 fully saturated rings. The Hall–Kier alpha value is -0.850. The summed E-state index contributed by atoms with van der Waals surface area (Å²) in [5.41, 5.74) is 3.96. The molecule has 0 aliphatic rings. The van der Waals surface area contributed by atoms with Crippen molar-refractivity contribution in [3.8, 4) is 0 Å². The maximum absolute atomic E-state index is 13.4. The molecule has 19 heavy (non-hydrogen) atoms. The molecule has 0 saturated heterocycles. The number of alkyl halides is 3. The van der Waals surface area contributed by atoms with E-state index in [1.807, 2.05) is 0 Å². The maximum Gasteiger partial charge on any atom is 0.419 e. The molecule has 1 aromatic carbocycles. The summed E-state index contributed by atoms with van der Waals surface area (Å²) in [5, 5.41) is 9.13. The van der Waals surface area contributed by atoms with Gasteiger partial charge in [-0.1, -0.05) is 19.9 Å². The van der Waals surface area contributed by atoms with Crippen LogP contribution in [-0.4, -0.2) is 11.7 Å². The van der Waals surface area contributed by atoms with E-state index in [1.54, 1.807) is 13.8 Å². The molecule has 110 valence electrons. The van der Waals surface area contributed by atoms with Crippen molar-refractivity contribution in [2.24, 2.45) is 11.1 Å². The Morgan fingerprint density at radius 3 is 2.16 bits per heavy atom. The van der Waals surface area contributed by atoms with Gasteiger partial charge in [0.25, 0.3) is 0 Å². The Kier molecular flexibility index (Phi) is 5.80. The lowest BCUT2D eigenvalue weighted by atomic mass is 9.81. The van der Waals surface area contributed by atoms with Crippen LogP contribution in [0.15, 0.2) is 18.2 Å². The van der Waals surface area contributed by atoms with Crippen molar-refractivity contribution >= 4 is 12.4 Å². The zero-order valence-corrected chi connectivity index (χ0v) is 11.3. The number of aliphatic hydroxyl groups excluding tert-OH is 1. The third-order valence-electron chi connectivity index (χ3n) is 2.91. The average molecular weight is 302 g/mol. The van der Waals surface area contributed by atoms with E-state index in [4.69, 9.17) is 10.8 Å². The second-order valence-electron chi connectivity index (χ2n) is 4.86. The van der Waals surface area contributed by atoms with Gasteiger partial charge in [-0.25, -0.2) is 4.39 Å². The molecule has 0 spiro atoms. The fraction of sp³-hybridized carbons (Fsp3) is 0.500. The molecule has 7 heteroatoms. The topological polar surface area (TPSA) is 46.2 Å². The second-order valence-corrected chi connectivity index (χ2v) is 4.86. The normalized spacial score (nSPS) is 13.9. The van der Waals surface area contributed by atoms with Gasteiger partial charge in [0, 0.05) is 18.1 Å². The van der Waals surface area contributed by atoms with Gasteiger partial charge in [0.1, 0.15) is 5.82 Å². The number of hydrogen-bond acceptors (Lipinski definition) is 2. The molecule has 0 amide bonds. The van der Waals surface area contributed by atoms with Gasteiger partial charge in [-0.05, 0) is 17.7 Å². The zero-order chi connectivity index (χ0) is 14.1. The quantitative estimate of drug-likeness (QED) is 0.842. The third-order valence-corrected chi connectivity index (χ3v) is 2.91. The first-order valence-electron chi connectivity index (χ1n) is 5.32. The summed E-state index contributed by atoms with van der Waals surface area (Å²) in [5.74, 6) is -1.36. The molecule has 0 heterocycles. The molecule has 1 atom stereocenters. The summed E-state index contributed by atoms with van der Waals surface area (Å²) in [6, 6.07) is 1.82. The molecule has 1 rings (SSSR count). The summed E-state index contributed by atoms with van der Waals surface area (Å²) in [6.07, 6.45) is -4.72. The van der Waals surface area contributed by atoms with E-state index in [0.717, 1.165) is 12.1 Å². The van der Waals surface area contributed by atoms with E-state index in [-0.39, 0.29) is 24.6 Å². The average Bonchev–Trinajstić information content (AvgIpc) is 2.26. The molecular formula is C12H16ClF4NO. The van der Waals surface area contributed by atoms with Crippen molar-refractivity contribution in [1.82, 2.24) is 0 Å². The highest BCUT2D eigenvalue weighted by atomic mass is 35.5. The van der Waals surface area contributed by atoms with Crippen LogP contribution in [0.25, 0.3) is 0 Å². The lowest BCUT2D eigenvalue weighted by Gasteiger charge is -2.30. The van der Waals surface area contributed by atoms with Gasteiger partial charge in [-0.2, -0.15) is 13.2 Å². The van der Waals surface area contributed by atoms with Crippen LogP contribution in [-0.2, 0) is 6.18 Å². The molecule has 0 aliphatic heterocycles. The highest BCUT2D eigenvalue weighted by molar-refractivity contribution is 5.85. The predicted octanol–water partition coefficient (Wildman–Crippen LogP) is 3.28. The molecule has 0 radical (unpaired) electrons. The molecule has 0 saturated carbocycles. The fourth-order valence-electron chi connectivity index (χ4n) is 1.50. The maximum atomic E-state index is 13.4. The van der Waals surface area contributed by atoms with Gasteiger partial charge in [0.05, 0.1) is 5.56 Å². The molecule has 0 aromatic heterocycles. The van der Waals surface area contributed by atoms with Crippen molar-refractivity contribution in [3.05, 3.63) is 35.1 Å². The highest BCUT2D eigenvalue weighted by Gasteiger charge is 2.35. The van der Waals surface area contributed by atoms with Crippen molar-refractivity contribution in [3.63, 3.8) is 0 Å². The molecule has 0 aliphatic carbocycles. The number of aliphatic hydroxyl groups is 1. The summed E-state index contributed by atoms with van der Waals surface area (Å²) in [4.78, 5) is 0. The number of nitrogens with two attached hydrogens (primary N) is 1. The Morgan fingerprint density at radius 1 is 1.26 bits per heavy atom. The third kappa shape index (κ3) is 4.06. The summed E-state index contributed by atoms with van der Waals surface area (Å²) in [7, 11) is 0. The van der Waals surface area contributed by atoms with Gasteiger partial charge < -0.3 is 10.8 Å². The van der Waals surface area contributed by atoms with E-state index in [1.165, 1.54) is 0 Å². The molecule has 0 unspecified atom stereocenters. The Balaban J connectivity index is 0.00000324. The molecule has 3 N–H and O–H groups in total. The molecule has 0 bridgehead atoms. The van der Waals surface area contributed by atoms with E-state index in [2.05, 4.69) is 0 Å². The summed E-state index contributed by atoms with van der Waals surface area (Å²) >= 11 is 0. The number of halogens is 5. The zero-order valence-electron chi connectivity index (χ0n) is 10.5. The highest BCUT2D eigenvalue weighted by Crippen LogP contribution is 2.35. The Labute approximate surface area is 115 Å². The monoisotopic (exact) mass is 301 g/mol. The lowest BCUT2D eigenvalue weighted by Crippen LogP contribution is -2.32. The Morgan fingerprint density at radius 2 is 1.79 bits per heavy atom. The SMILES string of the molecule is CC(C)(CO)[C@@H](N)c1ccc(C(F)(F)F)c(F)c1.Cl. The Bertz CT molecular complexity index is 434. The van der Waals surface area contributed by atoms with Gasteiger partial charge in [-0.3, -0.25) is 0 Å². The van der Waals surface area contributed by atoms with Crippen LogP contribution in [0.3, 0.4) is 0 Å². The van der Waals surface area contributed by atoms with E-state index in [0.29, 0.717) is 6.07 Å². The lowest BCUT2D eigenvalue weighted by molar-refractivity contribution is -0.140. The minimum absolute atomic E-state index is 0. The van der Waals surface area contributed by atoms with Crippen LogP contribution in [0, 0.1) is 11.2 Å². The minimum Gasteiger partial charge on any atom is -0.396 e. The van der Waals surface area contributed by atoms with Crippen molar-refractivity contribution in [1.29, 1.82) is 0 Å². The van der Waals surface area contributed by atoms with Crippen LogP contribution in [0.2, 0.25) is 0 Å². The standard InChI is InChI=1S/C12H15F4NO.ClH/c1-11(2,6-18)10(17)7-3-4-8(9(13)5-7)12(14,15)16;/h3-5,10,18H,6,17H2,1-2H3;1H/t10-;/m0./s1. The molecule has 2 nitrogen and oxygen atoms in total. The van der Waals surface area contributed by atoms with Gasteiger partial charge in [0.15, 0.2) is 0 Å². The first-order chi connectivity index (χ1) is 8.09. The van der Waals surface area contributed by atoms with E-state index < -0.39 is 29.0 Å². The first-order valence-corrected chi connectivity index (χ1v) is 5.32. The largest absolute Gasteiger partial charge is 0.419 e. The van der Waals surface area contributed by atoms with Crippen LogP contribution in [0.4, 0.5) is 17.6 Å². The van der Waals surface area contributed by atoms with Crippen LogP contribution < -0.4 is 5.73 Å². The van der Waals surface area contributed by atoms with Gasteiger partial charge in [-0.15, -0.1) is 12.4 Å².